The zero-order chi connectivity index (χ0) is 17.6. The number of amidine groups is 1. The highest BCUT2D eigenvalue weighted by molar-refractivity contribution is 6.41. The van der Waals surface area contributed by atoms with Crippen molar-refractivity contribution in [2.75, 3.05) is 23.5 Å². The first-order chi connectivity index (χ1) is 12.2. The predicted octanol–water partition coefficient (Wildman–Crippen LogP) is 4.08. The highest BCUT2D eigenvalue weighted by Crippen LogP contribution is 2.27. The van der Waals surface area contributed by atoms with E-state index in [0.717, 1.165) is 30.8 Å². The van der Waals surface area contributed by atoms with Gasteiger partial charge in [-0.2, -0.15) is 0 Å². The number of nitrogens with one attached hydrogen (secondary N) is 1. The molecule has 0 fully saturated rings. The molecule has 0 unspecified atom stereocenters. The highest BCUT2D eigenvalue weighted by atomic mass is 35.5. The predicted molar refractivity (Wildman–Crippen MR) is 101 cm³/mol. The van der Waals surface area contributed by atoms with E-state index in [2.05, 4.69) is 16.6 Å². The summed E-state index contributed by atoms with van der Waals surface area (Å²) in [4.78, 5) is 14.4. The molecule has 0 amide bonds. The molecule has 0 saturated heterocycles. The minimum atomic E-state index is -0.444. The molecule has 1 aliphatic rings. The Balaban J connectivity index is 1.91. The normalized spacial score (nSPS) is 14.0. The van der Waals surface area contributed by atoms with E-state index in [-0.39, 0.29) is 5.84 Å². The molecule has 0 radical (unpaired) electrons. The molecule has 3 rings (SSSR count). The molecule has 0 atom stereocenters. The Bertz CT molecular complexity index is 774. The van der Waals surface area contributed by atoms with E-state index < -0.39 is 5.97 Å². The third-order valence-corrected chi connectivity index (χ3v) is 4.21. The molecule has 0 spiro atoms. The number of benzene rings is 2. The summed E-state index contributed by atoms with van der Waals surface area (Å²) in [6, 6.07) is 15.2. The fourth-order valence-electron chi connectivity index (χ4n) is 2.81. The standard InChI is InChI=1S/C19H20ClN3O2/c1-2-25-19(24)18(22-21-16-11-9-15(20)10-12-16)23-13-5-7-14-6-3-4-8-17(14)23/h3-4,6,8-12,21H,2,5,7,13H2,1H3/b22-18-. The van der Waals surface area contributed by atoms with Crippen molar-refractivity contribution in [3.63, 3.8) is 0 Å². The molecule has 5 nitrogen and oxygen atoms in total. The molecule has 2 aromatic rings. The largest absolute Gasteiger partial charge is 0.460 e. The fraction of sp³-hybridized carbons (Fsp3) is 0.263. The lowest BCUT2D eigenvalue weighted by Crippen LogP contribution is -2.41. The number of anilines is 2. The van der Waals surface area contributed by atoms with Gasteiger partial charge >= 0.3 is 5.97 Å². The number of hydrazone groups is 1. The van der Waals surface area contributed by atoms with Crippen LogP contribution in [0, 0.1) is 0 Å². The Kier molecular flexibility index (Phi) is 5.56. The average Bonchev–Trinajstić information content (AvgIpc) is 2.64. The van der Waals surface area contributed by atoms with Crippen LogP contribution in [0.5, 0.6) is 0 Å². The van der Waals surface area contributed by atoms with Crippen LogP contribution >= 0.6 is 11.6 Å². The van der Waals surface area contributed by atoms with E-state index in [4.69, 9.17) is 16.3 Å². The molecule has 25 heavy (non-hydrogen) atoms. The van der Waals surface area contributed by atoms with Gasteiger partial charge in [0.2, 0.25) is 5.84 Å². The van der Waals surface area contributed by atoms with Crippen LogP contribution < -0.4 is 10.3 Å². The highest BCUT2D eigenvalue weighted by Gasteiger charge is 2.26. The monoisotopic (exact) mass is 357 g/mol. The molecular formula is C19H20ClN3O2. The number of hydrogen-bond acceptors (Lipinski definition) is 4. The van der Waals surface area contributed by atoms with Gasteiger partial charge in [-0.05, 0) is 55.7 Å². The number of carbonyl (C=O) groups excluding carboxylic acids is 1. The minimum Gasteiger partial charge on any atom is -0.460 e. The topological polar surface area (TPSA) is 53.9 Å². The van der Waals surface area contributed by atoms with Gasteiger partial charge in [-0.1, -0.05) is 29.8 Å². The zero-order valence-corrected chi connectivity index (χ0v) is 14.8. The molecule has 0 aliphatic carbocycles. The third-order valence-electron chi connectivity index (χ3n) is 3.96. The van der Waals surface area contributed by atoms with Gasteiger partial charge in [-0.15, -0.1) is 5.10 Å². The minimum absolute atomic E-state index is 0.254. The molecule has 6 heteroatoms. The van der Waals surface area contributed by atoms with Crippen molar-refractivity contribution in [3.05, 3.63) is 59.1 Å². The van der Waals surface area contributed by atoms with E-state index in [1.165, 1.54) is 5.56 Å². The second kappa shape index (κ2) is 8.03. The van der Waals surface area contributed by atoms with E-state index >= 15 is 0 Å². The van der Waals surface area contributed by atoms with Gasteiger partial charge in [0, 0.05) is 17.3 Å². The van der Waals surface area contributed by atoms with Gasteiger partial charge < -0.3 is 9.64 Å². The van der Waals surface area contributed by atoms with Gasteiger partial charge in [0.05, 0.1) is 12.3 Å². The lowest BCUT2D eigenvalue weighted by molar-refractivity contribution is -0.135. The summed E-state index contributed by atoms with van der Waals surface area (Å²) < 4.78 is 5.21. The van der Waals surface area contributed by atoms with Gasteiger partial charge in [-0.3, -0.25) is 5.43 Å². The lowest BCUT2D eigenvalue weighted by atomic mass is 10.0. The van der Waals surface area contributed by atoms with Gasteiger partial charge in [0.15, 0.2) is 0 Å². The van der Waals surface area contributed by atoms with Crippen molar-refractivity contribution in [2.24, 2.45) is 5.10 Å². The maximum Gasteiger partial charge on any atom is 0.376 e. The number of ether oxygens (including phenoxy) is 1. The summed E-state index contributed by atoms with van der Waals surface area (Å²) >= 11 is 5.90. The van der Waals surface area contributed by atoms with Crippen LogP contribution in [0.15, 0.2) is 53.6 Å². The summed E-state index contributed by atoms with van der Waals surface area (Å²) in [5.41, 5.74) is 5.88. The lowest BCUT2D eigenvalue weighted by Gasteiger charge is -2.30. The Morgan fingerprint density at radius 3 is 2.76 bits per heavy atom. The second-order valence-corrected chi connectivity index (χ2v) is 6.09. The van der Waals surface area contributed by atoms with E-state index in [0.29, 0.717) is 11.6 Å². The Morgan fingerprint density at radius 2 is 2.00 bits per heavy atom. The first kappa shape index (κ1) is 17.3. The first-order valence-electron chi connectivity index (χ1n) is 8.31. The summed E-state index contributed by atoms with van der Waals surface area (Å²) in [6.45, 7) is 2.80. The smallest absolute Gasteiger partial charge is 0.376 e. The Hall–Kier alpha value is -2.53. The van der Waals surface area contributed by atoms with Crippen LogP contribution in [0.25, 0.3) is 0 Å². The molecule has 130 valence electrons. The van der Waals surface area contributed by atoms with Crippen molar-refractivity contribution in [2.45, 2.75) is 19.8 Å². The maximum absolute atomic E-state index is 12.5. The van der Waals surface area contributed by atoms with Crippen LogP contribution in [0.2, 0.25) is 5.02 Å². The maximum atomic E-state index is 12.5. The number of rotatable bonds is 3. The number of aryl methyl sites for hydroxylation is 1. The van der Waals surface area contributed by atoms with Crippen LogP contribution in [0.1, 0.15) is 18.9 Å². The number of halogens is 1. The van der Waals surface area contributed by atoms with E-state index in [1.54, 1.807) is 31.2 Å². The van der Waals surface area contributed by atoms with Crippen molar-refractivity contribution >= 4 is 34.8 Å². The zero-order valence-electron chi connectivity index (χ0n) is 14.0. The Morgan fingerprint density at radius 1 is 1.24 bits per heavy atom. The third kappa shape index (κ3) is 4.12. The average molecular weight is 358 g/mol. The molecule has 0 saturated carbocycles. The quantitative estimate of drug-likeness (QED) is 0.389. The number of esters is 1. The molecule has 0 aromatic heterocycles. The number of fused-ring (bicyclic) bond motifs is 1. The van der Waals surface area contributed by atoms with Gasteiger partial charge in [-0.25, -0.2) is 4.79 Å². The fourth-order valence-corrected chi connectivity index (χ4v) is 2.93. The van der Waals surface area contributed by atoms with Crippen molar-refractivity contribution in [1.82, 2.24) is 0 Å². The van der Waals surface area contributed by atoms with E-state index in [9.17, 15) is 4.79 Å². The SMILES string of the molecule is CCOC(=O)/C(=N/Nc1ccc(Cl)cc1)N1CCCc2ccccc21. The summed E-state index contributed by atoms with van der Waals surface area (Å²) in [6.07, 6.45) is 1.95. The van der Waals surface area contributed by atoms with Crippen molar-refractivity contribution < 1.29 is 9.53 Å². The van der Waals surface area contributed by atoms with E-state index in [1.807, 2.05) is 23.1 Å². The molecule has 1 N–H and O–H groups in total. The van der Waals surface area contributed by atoms with Crippen LogP contribution in [-0.2, 0) is 16.0 Å². The Labute approximate surface area is 152 Å². The van der Waals surface area contributed by atoms with Crippen molar-refractivity contribution in [1.29, 1.82) is 0 Å². The number of nitrogens with zero attached hydrogens (tertiary/aromatic N) is 2. The van der Waals surface area contributed by atoms with Crippen LogP contribution in [-0.4, -0.2) is 25.0 Å². The number of carbonyl (C=O) groups is 1. The van der Waals surface area contributed by atoms with Crippen LogP contribution in [0.3, 0.4) is 0 Å². The molecule has 2 aromatic carbocycles. The second-order valence-electron chi connectivity index (χ2n) is 5.66. The number of hydrogen-bond donors (Lipinski definition) is 1. The summed E-state index contributed by atoms with van der Waals surface area (Å²) in [7, 11) is 0. The number of para-hydroxylation sites is 1. The molecule has 1 heterocycles. The molecule has 1 aliphatic heterocycles. The van der Waals surface area contributed by atoms with Crippen LogP contribution in [0.4, 0.5) is 11.4 Å². The summed E-state index contributed by atoms with van der Waals surface area (Å²) in [5.74, 6) is -0.190. The molecular weight excluding hydrogens is 338 g/mol. The summed E-state index contributed by atoms with van der Waals surface area (Å²) in [5, 5.41) is 4.98. The molecule has 0 bridgehead atoms. The van der Waals surface area contributed by atoms with Gasteiger partial charge in [0.1, 0.15) is 0 Å². The first-order valence-corrected chi connectivity index (χ1v) is 8.68. The van der Waals surface area contributed by atoms with Gasteiger partial charge in [0.25, 0.3) is 0 Å². The van der Waals surface area contributed by atoms with Crippen molar-refractivity contribution in [3.8, 4) is 0 Å².